The summed E-state index contributed by atoms with van der Waals surface area (Å²) in [7, 11) is 0. The molecule has 1 aromatic carbocycles. The maximum atomic E-state index is 8.29. The molecular formula is C8H9ClN2OS. The molecule has 0 heterocycles. The topological polar surface area (TPSA) is 58.6 Å². The zero-order valence-electron chi connectivity index (χ0n) is 6.77. The lowest BCUT2D eigenvalue weighted by atomic mass is 10.4. The van der Waals surface area contributed by atoms with Gasteiger partial charge in [0.1, 0.15) is 5.84 Å². The molecule has 0 fully saturated rings. The molecule has 5 heteroatoms. The zero-order chi connectivity index (χ0) is 9.68. The van der Waals surface area contributed by atoms with Gasteiger partial charge < -0.3 is 10.9 Å². The van der Waals surface area contributed by atoms with Crippen LogP contribution in [0.3, 0.4) is 0 Å². The first-order valence-electron chi connectivity index (χ1n) is 3.57. The molecule has 1 aromatic rings. The largest absolute Gasteiger partial charge is 0.409 e. The number of oxime groups is 1. The summed E-state index contributed by atoms with van der Waals surface area (Å²) in [5, 5.41) is 11.8. The summed E-state index contributed by atoms with van der Waals surface area (Å²) in [6.45, 7) is 0. The summed E-state index contributed by atoms with van der Waals surface area (Å²) >= 11 is 7.24. The first-order chi connectivity index (χ1) is 6.22. The molecule has 70 valence electrons. The second kappa shape index (κ2) is 4.99. The molecule has 0 bridgehead atoms. The number of rotatable bonds is 3. The number of thioether (sulfide) groups is 1. The molecule has 0 spiro atoms. The predicted molar refractivity (Wildman–Crippen MR) is 55.6 cm³/mol. The number of nitrogens with zero attached hydrogens (tertiary/aromatic N) is 1. The van der Waals surface area contributed by atoms with E-state index in [1.807, 2.05) is 18.2 Å². The van der Waals surface area contributed by atoms with E-state index in [0.29, 0.717) is 10.8 Å². The van der Waals surface area contributed by atoms with Crippen LogP contribution in [-0.2, 0) is 0 Å². The van der Waals surface area contributed by atoms with Crippen molar-refractivity contribution < 1.29 is 5.21 Å². The van der Waals surface area contributed by atoms with Crippen LogP contribution in [-0.4, -0.2) is 16.8 Å². The Morgan fingerprint density at radius 1 is 1.62 bits per heavy atom. The van der Waals surface area contributed by atoms with Crippen molar-refractivity contribution in [2.75, 3.05) is 5.75 Å². The van der Waals surface area contributed by atoms with Gasteiger partial charge in [-0.2, -0.15) is 0 Å². The fourth-order valence-electron chi connectivity index (χ4n) is 0.743. The highest BCUT2D eigenvalue weighted by Crippen LogP contribution is 2.20. The monoisotopic (exact) mass is 216 g/mol. The van der Waals surface area contributed by atoms with Gasteiger partial charge in [-0.25, -0.2) is 0 Å². The van der Waals surface area contributed by atoms with Crippen LogP contribution < -0.4 is 5.73 Å². The van der Waals surface area contributed by atoms with Crippen LogP contribution in [0, 0.1) is 0 Å². The van der Waals surface area contributed by atoms with E-state index in [9.17, 15) is 0 Å². The summed E-state index contributed by atoms with van der Waals surface area (Å²) in [6.07, 6.45) is 0. The lowest BCUT2D eigenvalue weighted by Crippen LogP contribution is -2.13. The molecule has 3 N–H and O–H groups in total. The molecule has 0 unspecified atom stereocenters. The molecule has 0 saturated carbocycles. The second-order valence-corrected chi connectivity index (χ2v) is 3.82. The Balaban J connectivity index is 2.55. The lowest BCUT2D eigenvalue weighted by molar-refractivity contribution is 0.318. The Morgan fingerprint density at radius 2 is 2.38 bits per heavy atom. The van der Waals surface area contributed by atoms with Crippen molar-refractivity contribution in [2.24, 2.45) is 10.9 Å². The lowest BCUT2D eigenvalue weighted by Gasteiger charge is -1.99. The van der Waals surface area contributed by atoms with Crippen molar-refractivity contribution in [3.05, 3.63) is 29.3 Å². The van der Waals surface area contributed by atoms with Crippen LogP contribution in [0.1, 0.15) is 0 Å². The van der Waals surface area contributed by atoms with Gasteiger partial charge in [0.15, 0.2) is 0 Å². The minimum atomic E-state index is 0.199. The smallest absolute Gasteiger partial charge is 0.149 e. The summed E-state index contributed by atoms with van der Waals surface area (Å²) in [4.78, 5) is 0.999. The fourth-order valence-corrected chi connectivity index (χ4v) is 1.76. The molecule has 0 aliphatic rings. The van der Waals surface area contributed by atoms with Gasteiger partial charge in [0.25, 0.3) is 0 Å². The van der Waals surface area contributed by atoms with Crippen LogP contribution in [0.5, 0.6) is 0 Å². The van der Waals surface area contributed by atoms with E-state index in [1.54, 1.807) is 6.07 Å². The highest BCUT2D eigenvalue weighted by Gasteiger charge is 1.97. The number of hydrogen-bond acceptors (Lipinski definition) is 3. The molecule has 13 heavy (non-hydrogen) atoms. The van der Waals surface area contributed by atoms with Crippen molar-refractivity contribution in [3.63, 3.8) is 0 Å². The number of halogens is 1. The van der Waals surface area contributed by atoms with Gasteiger partial charge >= 0.3 is 0 Å². The molecule has 0 aliphatic carbocycles. The standard InChI is InChI=1S/C8H9ClN2OS/c9-6-2-1-3-7(4-6)13-5-8(10)11-12/h1-4,12H,5H2,(H2,10,11). The molecule has 0 aliphatic heterocycles. The third-order valence-electron chi connectivity index (χ3n) is 1.31. The average Bonchev–Trinajstić information content (AvgIpc) is 2.14. The highest BCUT2D eigenvalue weighted by molar-refractivity contribution is 8.00. The van der Waals surface area contributed by atoms with Crippen LogP contribution in [0.4, 0.5) is 0 Å². The first-order valence-corrected chi connectivity index (χ1v) is 4.93. The number of nitrogens with two attached hydrogens (primary N) is 1. The molecule has 0 atom stereocenters. The van der Waals surface area contributed by atoms with Crippen LogP contribution in [0.15, 0.2) is 34.3 Å². The Hall–Kier alpha value is -0.870. The molecule has 0 radical (unpaired) electrons. The SMILES string of the molecule is NC(CSc1cccc(Cl)c1)=NO. The highest BCUT2D eigenvalue weighted by atomic mass is 35.5. The van der Waals surface area contributed by atoms with Gasteiger partial charge in [0.05, 0.1) is 5.75 Å². The quantitative estimate of drug-likeness (QED) is 0.268. The normalized spacial score (nSPS) is 11.6. The van der Waals surface area contributed by atoms with Gasteiger partial charge in [-0.1, -0.05) is 22.8 Å². The van der Waals surface area contributed by atoms with Gasteiger partial charge in [0, 0.05) is 9.92 Å². The average molecular weight is 217 g/mol. The number of benzene rings is 1. The van der Waals surface area contributed by atoms with E-state index in [1.165, 1.54) is 11.8 Å². The Morgan fingerprint density at radius 3 is 3.00 bits per heavy atom. The van der Waals surface area contributed by atoms with E-state index in [-0.39, 0.29) is 5.84 Å². The Kier molecular flexibility index (Phi) is 3.92. The second-order valence-electron chi connectivity index (χ2n) is 2.34. The van der Waals surface area contributed by atoms with Crippen molar-refractivity contribution in [1.29, 1.82) is 0 Å². The van der Waals surface area contributed by atoms with E-state index < -0.39 is 0 Å². The number of hydrogen-bond donors (Lipinski definition) is 2. The van der Waals surface area contributed by atoms with Crippen molar-refractivity contribution in [2.45, 2.75) is 4.90 Å². The molecule has 0 aromatic heterocycles. The van der Waals surface area contributed by atoms with Crippen LogP contribution in [0.25, 0.3) is 0 Å². The molecule has 0 amide bonds. The van der Waals surface area contributed by atoms with Crippen LogP contribution in [0.2, 0.25) is 5.02 Å². The minimum Gasteiger partial charge on any atom is -0.409 e. The van der Waals surface area contributed by atoms with Gasteiger partial charge in [-0.05, 0) is 18.2 Å². The van der Waals surface area contributed by atoms with E-state index >= 15 is 0 Å². The summed E-state index contributed by atoms with van der Waals surface area (Å²) < 4.78 is 0. The Bertz CT molecular complexity index is 317. The van der Waals surface area contributed by atoms with Gasteiger partial charge in [-0.15, -0.1) is 11.8 Å². The fraction of sp³-hybridized carbons (Fsp3) is 0.125. The molecule has 1 rings (SSSR count). The van der Waals surface area contributed by atoms with E-state index in [4.69, 9.17) is 22.5 Å². The summed E-state index contributed by atoms with van der Waals surface area (Å²) in [6, 6.07) is 7.41. The van der Waals surface area contributed by atoms with Crippen LogP contribution >= 0.6 is 23.4 Å². The summed E-state index contributed by atoms with van der Waals surface area (Å²) in [5.74, 6) is 0.654. The van der Waals surface area contributed by atoms with Crippen molar-refractivity contribution in [3.8, 4) is 0 Å². The Labute approximate surface area is 85.6 Å². The van der Waals surface area contributed by atoms with Gasteiger partial charge in [-0.3, -0.25) is 0 Å². The molecular weight excluding hydrogens is 208 g/mol. The zero-order valence-corrected chi connectivity index (χ0v) is 8.35. The van der Waals surface area contributed by atoms with E-state index in [2.05, 4.69) is 5.16 Å². The maximum absolute atomic E-state index is 8.29. The third kappa shape index (κ3) is 3.57. The number of amidine groups is 1. The molecule has 0 saturated heterocycles. The van der Waals surface area contributed by atoms with E-state index in [0.717, 1.165) is 4.90 Å². The molecule has 3 nitrogen and oxygen atoms in total. The minimum absolute atomic E-state index is 0.199. The van der Waals surface area contributed by atoms with Crippen molar-refractivity contribution >= 4 is 29.2 Å². The van der Waals surface area contributed by atoms with Gasteiger partial charge in [0.2, 0.25) is 0 Å². The third-order valence-corrected chi connectivity index (χ3v) is 2.57. The first kappa shape index (κ1) is 10.2. The summed E-state index contributed by atoms with van der Waals surface area (Å²) in [5.41, 5.74) is 5.31. The maximum Gasteiger partial charge on any atom is 0.149 e. The van der Waals surface area contributed by atoms with Crippen molar-refractivity contribution in [1.82, 2.24) is 0 Å². The predicted octanol–water partition coefficient (Wildman–Crippen LogP) is 2.18.